The minimum atomic E-state index is -0.0982. The van der Waals surface area contributed by atoms with E-state index in [1.807, 2.05) is 24.3 Å². The third kappa shape index (κ3) is 3.21. The summed E-state index contributed by atoms with van der Waals surface area (Å²) in [6, 6.07) is 8.45. The van der Waals surface area contributed by atoms with Crippen LogP contribution in [0.1, 0.15) is 25.7 Å². The first kappa shape index (κ1) is 11.0. The van der Waals surface area contributed by atoms with Crippen molar-refractivity contribution in [2.45, 2.75) is 37.8 Å². The molecule has 1 aromatic rings. The third-order valence-electron chi connectivity index (χ3n) is 2.81. The lowest BCUT2D eigenvalue weighted by atomic mass is 9.93. The molecule has 1 aliphatic carbocycles. The molecule has 2 rings (SSSR count). The summed E-state index contributed by atoms with van der Waals surface area (Å²) in [5.74, 6) is 0. The highest BCUT2D eigenvalue weighted by molar-refractivity contribution is 9.10. The van der Waals surface area contributed by atoms with Crippen LogP contribution in [0.25, 0.3) is 0 Å². The summed E-state index contributed by atoms with van der Waals surface area (Å²) in [5.41, 5.74) is 1.03. The van der Waals surface area contributed by atoms with E-state index in [1.54, 1.807) is 0 Å². The first-order valence-electron chi connectivity index (χ1n) is 5.38. The van der Waals surface area contributed by atoms with Gasteiger partial charge in [-0.2, -0.15) is 0 Å². The maximum absolute atomic E-state index is 9.39. The van der Waals surface area contributed by atoms with E-state index >= 15 is 0 Å². The van der Waals surface area contributed by atoms with E-state index in [0.717, 1.165) is 35.8 Å². The van der Waals surface area contributed by atoms with Gasteiger partial charge in [0.1, 0.15) is 0 Å². The SMILES string of the molecule is O[C@H]1CC[C@H]([N]c2cccc(Br)c2)CC1. The van der Waals surface area contributed by atoms with E-state index in [0.29, 0.717) is 6.04 Å². The molecule has 2 nitrogen and oxygen atoms in total. The molecule has 3 heteroatoms. The van der Waals surface area contributed by atoms with Crippen LogP contribution in [0.5, 0.6) is 0 Å². The summed E-state index contributed by atoms with van der Waals surface area (Å²) in [6.07, 6.45) is 3.70. The maximum atomic E-state index is 9.39. The molecule has 1 fully saturated rings. The van der Waals surface area contributed by atoms with Crippen molar-refractivity contribution in [3.05, 3.63) is 28.7 Å². The van der Waals surface area contributed by atoms with Crippen LogP contribution in [0.4, 0.5) is 5.69 Å². The molecule has 0 unspecified atom stereocenters. The number of halogens is 1. The molecule has 0 saturated heterocycles. The van der Waals surface area contributed by atoms with Crippen molar-refractivity contribution in [2.75, 3.05) is 0 Å². The smallest absolute Gasteiger partial charge is 0.0588 e. The van der Waals surface area contributed by atoms with Crippen molar-refractivity contribution in [1.29, 1.82) is 0 Å². The highest BCUT2D eigenvalue weighted by atomic mass is 79.9. The minimum Gasteiger partial charge on any atom is -0.393 e. The number of hydrogen-bond acceptors (Lipinski definition) is 1. The zero-order valence-electron chi connectivity index (χ0n) is 8.56. The number of hydrogen-bond donors (Lipinski definition) is 1. The Labute approximate surface area is 98.8 Å². The van der Waals surface area contributed by atoms with Gasteiger partial charge in [0.2, 0.25) is 0 Å². The number of benzene rings is 1. The third-order valence-corrected chi connectivity index (χ3v) is 3.30. The predicted octanol–water partition coefficient (Wildman–Crippen LogP) is 2.99. The van der Waals surface area contributed by atoms with Crippen molar-refractivity contribution in [3.63, 3.8) is 0 Å². The monoisotopic (exact) mass is 268 g/mol. The summed E-state index contributed by atoms with van der Waals surface area (Å²) in [5, 5.41) is 14.1. The molecule has 0 aliphatic heterocycles. The Morgan fingerprint density at radius 3 is 2.60 bits per heavy atom. The molecule has 1 aliphatic rings. The quantitative estimate of drug-likeness (QED) is 0.879. The molecule has 1 aromatic carbocycles. The molecular weight excluding hydrogens is 254 g/mol. The second-order valence-electron chi connectivity index (χ2n) is 4.07. The predicted molar refractivity (Wildman–Crippen MR) is 64.2 cm³/mol. The van der Waals surface area contributed by atoms with Crippen molar-refractivity contribution in [3.8, 4) is 0 Å². The van der Waals surface area contributed by atoms with Gasteiger partial charge >= 0.3 is 0 Å². The first-order chi connectivity index (χ1) is 7.24. The highest BCUT2D eigenvalue weighted by Gasteiger charge is 2.20. The lowest BCUT2D eigenvalue weighted by molar-refractivity contribution is 0.119. The van der Waals surface area contributed by atoms with E-state index in [4.69, 9.17) is 0 Å². The van der Waals surface area contributed by atoms with Gasteiger partial charge in [-0.25, -0.2) is 0 Å². The van der Waals surface area contributed by atoms with Crippen LogP contribution in [0.15, 0.2) is 28.7 Å². The molecule has 0 aromatic heterocycles. The largest absolute Gasteiger partial charge is 0.393 e. The Bertz CT molecular complexity index is 321. The van der Waals surface area contributed by atoms with E-state index in [2.05, 4.69) is 21.2 Å². The molecule has 0 heterocycles. The number of rotatable bonds is 2. The van der Waals surface area contributed by atoms with Crippen molar-refractivity contribution in [2.24, 2.45) is 0 Å². The van der Waals surface area contributed by atoms with Crippen LogP contribution in [-0.4, -0.2) is 17.3 Å². The van der Waals surface area contributed by atoms with E-state index in [-0.39, 0.29) is 6.10 Å². The summed E-state index contributed by atoms with van der Waals surface area (Å²) in [4.78, 5) is 0. The van der Waals surface area contributed by atoms with E-state index in [9.17, 15) is 5.11 Å². The van der Waals surface area contributed by atoms with Gasteiger partial charge in [-0.1, -0.05) is 22.0 Å². The van der Waals surface area contributed by atoms with Gasteiger partial charge in [0.05, 0.1) is 17.8 Å². The first-order valence-corrected chi connectivity index (χ1v) is 6.18. The lowest BCUT2D eigenvalue weighted by Crippen LogP contribution is -2.27. The number of aliphatic hydroxyl groups is 1. The van der Waals surface area contributed by atoms with Crippen LogP contribution in [0.3, 0.4) is 0 Å². The summed E-state index contributed by atoms with van der Waals surface area (Å²) in [6.45, 7) is 0. The van der Waals surface area contributed by atoms with Gasteiger partial charge in [0.15, 0.2) is 0 Å². The van der Waals surface area contributed by atoms with E-state index < -0.39 is 0 Å². The minimum absolute atomic E-state index is 0.0982. The van der Waals surface area contributed by atoms with Gasteiger partial charge in [0, 0.05) is 4.47 Å². The van der Waals surface area contributed by atoms with Gasteiger partial charge < -0.3 is 5.11 Å². The summed E-state index contributed by atoms with van der Waals surface area (Å²) in [7, 11) is 0. The molecule has 1 N–H and O–H groups in total. The molecule has 0 amide bonds. The fraction of sp³-hybridized carbons (Fsp3) is 0.500. The zero-order valence-corrected chi connectivity index (χ0v) is 10.2. The zero-order chi connectivity index (χ0) is 10.7. The van der Waals surface area contributed by atoms with Gasteiger partial charge in [0.25, 0.3) is 0 Å². The van der Waals surface area contributed by atoms with Crippen molar-refractivity contribution < 1.29 is 5.11 Å². The van der Waals surface area contributed by atoms with Crippen LogP contribution in [0.2, 0.25) is 0 Å². The van der Waals surface area contributed by atoms with Gasteiger partial charge in [-0.3, -0.25) is 5.32 Å². The maximum Gasteiger partial charge on any atom is 0.0588 e. The molecular formula is C12H15BrNO. The Balaban J connectivity index is 1.92. The van der Waals surface area contributed by atoms with Crippen LogP contribution >= 0.6 is 15.9 Å². The number of aliphatic hydroxyl groups excluding tert-OH is 1. The Morgan fingerprint density at radius 2 is 1.93 bits per heavy atom. The number of nitrogens with zero attached hydrogens (tertiary/aromatic N) is 1. The normalized spacial score (nSPS) is 26.3. The molecule has 0 spiro atoms. The van der Waals surface area contributed by atoms with Crippen LogP contribution in [-0.2, 0) is 0 Å². The molecule has 15 heavy (non-hydrogen) atoms. The highest BCUT2D eigenvalue weighted by Crippen LogP contribution is 2.23. The van der Waals surface area contributed by atoms with Crippen LogP contribution in [0, 0.1) is 0 Å². The Kier molecular flexibility index (Phi) is 3.65. The fourth-order valence-corrected chi connectivity index (χ4v) is 2.34. The molecule has 1 saturated carbocycles. The molecule has 81 valence electrons. The van der Waals surface area contributed by atoms with Gasteiger partial charge in [-0.15, -0.1) is 0 Å². The van der Waals surface area contributed by atoms with Gasteiger partial charge in [-0.05, 0) is 43.9 Å². The second kappa shape index (κ2) is 4.99. The van der Waals surface area contributed by atoms with E-state index in [1.165, 1.54) is 0 Å². The lowest BCUT2D eigenvalue weighted by Gasteiger charge is -2.25. The Hall–Kier alpha value is -0.540. The summed E-state index contributed by atoms with van der Waals surface area (Å²) >= 11 is 3.44. The molecule has 0 bridgehead atoms. The molecule has 0 atom stereocenters. The van der Waals surface area contributed by atoms with Crippen LogP contribution < -0.4 is 5.32 Å². The standard InChI is InChI=1S/C12H15BrNO/c13-9-2-1-3-11(8-9)14-10-4-6-12(15)7-5-10/h1-3,8,10,12,15H,4-7H2/t10-,12-. The molecule has 1 radical (unpaired) electrons. The average Bonchev–Trinajstić information content (AvgIpc) is 2.22. The average molecular weight is 269 g/mol. The van der Waals surface area contributed by atoms with Crippen molar-refractivity contribution in [1.82, 2.24) is 5.32 Å². The fourth-order valence-electron chi connectivity index (χ4n) is 1.95. The topological polar surface area (TPSA) is 34.3 Å². The van der Waals surface area contributed by atoms with Crippen molar-refractivity contribution >= 4 is 21.6 Å². The Morgan fingerprint density at radius 1 is 1.20 bits per heavy atom. The second-order valence-corrected chi connectivity index (χ2v) is 4.99. The summed E-state index contributed by atoms with van der Waals surface area (Å²) < 4.78 is 1.07.